The summed E-state index contributed by atoms with van der Waals surface area (Å²) in [4.78, 5) is 42.2. The molecule has 0 bridgehead atoms. The molecule has 4 amide bonds. The third-order valence-corrected chi connectivity index (χ3v) is 5.11. The molecule has 0 spiro atoms. The number of hydrogen-bond acceptors (Lipinski definition) is 6. The Morgan fingerprint density at radius 2 is 1.42 bits per heavy atom. The third-order valence-electron chi connectivity index (χ3n) is 5.11. The predicted molar refractivity (Wildman–Crippen MR) is 122 cm³/mol. The van der Waals surface area contributed by atoms with Gasteiger partial charge in [0.25, 0.3) is 0 Å². The standard InChI is InChI=1S/C23H31F3N4O6/c1-21(2,3)35-19(32)27-11-12-28-16(13-27)14-29(20(33)36-22(4,5)6)30(18(28)31)15-7-9-17(10-8-15)34-23(24,25)26/h7-10,16H,11-14H2,1-6H3/t16-/m0/s1. The number of fused-ring (bicyclic) bond motifs is 1. The maximum atomic E-state index is 13.5. The van der Waals surface area contributed by atoms with E-state index in [1.807, 2.05) is 0 Å². The van der Waals surface area contributed by atoms with E-state index in [2.05, 4.69) is 4.74 Å². The number of hydrazine groups is 1. The molecule has 13 heteroatoms. The van der Waals surface area contributed by atoms with Gasteiger partial charge in [0, 0.05) is 19.6 Å². The van der Waals surface area contributed by atoms with Crippen molar-refractivity contribution in [2.75, 3.05) is 31.2 Å². The lowest BCUT2D eigenvalue weighted by molar-refractivity contribution is -0.274. The van der Waals surface area contributed by atoms with Gasteiger partial charge in [-0.1, -0.05) is 0 Å². The molecule has 0 radical (unpaired) electrons. The van der Waals surface area contributed by atoms with Crippen molar-refractivity contribution in [1.29, 1.82) is 0 Å². The van der Waals surface area contributed by atoms with Gasteiger partial charge in [-0.05, 0) is 65.8 Å². The second-order valence-corrected chi connectivity index (χ2v) is 10.5. The highest BCUT2D eigenvalue weighted by Crippen LogP contribution is 2.31. The summed E-state index contributed by atoms with van der Waals surface area (Å²) < 4.78 is 52.5. The van der Waals surface area contributed by atoms with Crippen molar-refractivity contribution < 1.29 is 41.8 Å². The Labute approximate surface area is 207 Å². The van der Waals surface area contributed by atoms with Gasteiger partial charge in [0.2, 0.25) is 0 Å². The lowest BCUT2D eigenvalue weighted by atomic mass is 10.1. The molecule has 1 atom stereocenters. The molecular weight excluding hydrogens is 485 g/mol. The minimum Gasteiger partial charge on any atom is -0.444 e. The lowest BCUT2D eigenvalue weighted by Crippen LogP contribution is -2.71. The fourth-order valence-corrected chi connectivity index (χ4v) is 3.77. The summed E-state index contributed by atoms with van der Waals surface area (Å²) in [6, 6.07) is 3.47. The molecule has 0 aromatic heterocycles. The van der Waals surface area contributed by atoms with Gasteiger partial charge in [0.15, 0.2) is 0 Å². The number of piperazine rings is 1. The van der Waals surface area contributed by atoms with Crippen LogP contribution < -0.4 is 9.75 Å². The van der Waals surface area contributed by atoms with Crippen molar-refractivity contribution in [2.24, 2.45) is 0 Å². The van der Waals surface area contributed by atoms with E-state index >= 15 is 0 Å². The van der Waals surface area contributed by atoms with Gasteiger partial charge in [0.1, 0.15) is 17.0 Å². The largest absolute Gasteiger partial charge is 0.573 e. The van der Waals surface area contributed by atoms with E-state index in [9.17, 15) is 27.6 Å². The van der Waals surface area contributed by atoms with Gasteiger partial charge in [-0.3, -0.25) is 0 Å². The van der Waals surface area contributed by atoms with Gasteiger partial charge in [-0.15, -0.1) is 13.2 Å². The zero-order chi connectivity index (χ0) is 27.1. The van der Waals surface area contributed by atoms with Crippen LogP contribution in [0, 0.1) is 0 Å². The van der Waals surface area contributed by atoms with Crippen LogP contribution in [-0.4, -0.2) is 82.8 Å². The number of ether oxygens (including phenoxy) is 3. The number of rotatable bonds is 2. The molecule has 0 aliphatic carbocycles. The van der Waals surface area contributed by atoms with Crippen molar-refractivity contribution in [3.05, 3.63) is 24.3 Å². The number of benzene rings is 1. The molecule has 1 aromatic carbocycles. The van der Waals surface area contributed by atoms with E-state index in [0.29, 0.717) is 0 Å². The molecule has 2 saturated heterocycles. The van der Waals surface area contributed by atoms with Crippen LogP contribution >= 0.6 is 0 Å². The Hall–Kier alpha value is -3.38. The van der Waals surface area contributed by atoms with E-state index in [1.54, 1.807) is 41.5 Å². The first-order valence-corrected chi connectivity index (χ1v) is 11.4. The number of carbonyl (C=O) groups is 3. The molecule has 10 nitrogen and oxygen atoms in total. The van der Waals surface area contributed by atoms with Gasteiger partial charge >= 0.3 is 24.6 Å². The van der Waals surface area contributed by atoms with Crippen molar-refractivity contribution in [3.8, 4) is 5.75 Å². The summed E-state index contributed by atoms with van der Waals surface area (Å²) in [7, 11) is 0. The second-order valence-electron chi connectivity index (χ2n) is 10.5. The molecule has 2 heterocycles. The quantitative estimate of drug-likeness (QED) is 0.571. The molecule has 0 saturated carbocycles. The minimum absolute atomic E-state index is 0.0131. The molecule has 2 fully saturated rings. The zero-order valence-electron chi connectivity index (χ0n) is 21.1. The van der Waals surface area contributed by atoms with Crippen molar-refractivity contribution in [1.82, 2.24) is 14.8 Å². The zero-order valence-corrected chi connectivity index (χ0v) is 21.1. The number of nitrogens with zero attached hydrogens (tertiary/aromatic N) is 4. The van der Waals surface area contributed by atoms with Gasteiger partial charge in [-0.25, -0.2) is 19.4 Å². The highest BCUT2D eigenvalue weighted by Gasteiger charge is 2.46. The Kier molecular flexibility index (Phi) is 7.24. The van der Waals surface area contributed by atoms with Crippen LogP contribution in [0.25, 0.3) is 0 Å². The second kappa shape index (κ2) is 9.58. The summed E-state index contributed by atoms with van der Waals surface area (Å²) >= 11 is 0. The highest BCUT2D eigenvalue weighted by atomic mass is 19.4. The predicted octanol–water partition coefficient (Wildman–Crippen LogP) is 4.60. The number of urea groups is 1. The molecule has 2 aliphatic heterocycles. The summed E-state index contributed by atoms with van der Waals surface area (Å²) in [6.07, 6.45) is -6.21. The van der Waals surface area contributed by atoms with E-state index in [-0.39, 0.29) is 31.9 Å². The Balaban J connectivity index is 1.87. The van der Waals surface area contributed by atoms with Crippen LogP contribution in [0.2, 0.25) is 0 Å². The van der Waals surface area contributed by atoms with Crippen molar-refractivity contribution >= 4 is 23.9 Å². The average molecular weight is 517 g/mol. The summed E-state index contributed by atoms with van der Waals surface area (Å²) in [6.45, 7) is 10.8. The molecule has 36 heavy (non-hydrogen) atoms. The summed E-state index contributed by atoms with van der Waals surface area (Å²) in [5, 5.41) is 2.15. The third kappa shape index (κ3) is 6.85. The summed E-state index contributed by atoms with van der Waals surface area (Å²) in [5.74, 6) is -0.469. The Bertz CT molecular complexity index is 988. The first-order chi connectivity index (χ1) is 16.4. The number of halogens is 3. The molecule has 0 N–H and O–H groups in total. The fourth-order valence-electron chi connectivity index (χ4n) is 3.77. The van der Waals surface area contributed by atoms with Crippen LogP contribution in [0.1, 0.15) is 41.5 Å². The van der Waals surface area contributed by atoms with E-state index < -0.39 is 47.6 Å². The molecular formula is C23H31F3N4O6. The van der Waals surface area contributed by atoms with Gasteiger partial charge in [-0.2, -0.15) is 5.01 Å². The van der Waals surface area contributed by atoms with E-state index in [0.717, 1.165) is 22.2 Å². The molecule has 3 rings (SSSR count). The van der Waals surface area contributed by atoms with E-state index in [1.165, 1.54) is 21.9 Å². The monoisotopic (exact) mass is 516 g/mol. The first-order valence-electron chi connectivity index (χ1n) is 11.4. The van der Waals surface area contributed by atoms with Crippen LogP contribution in [-0.2, 0) is 9.47 Å². The number of anilines is 1. The number of carbonyl (C=O) groups excluding carboxylic acids is 3. The number of hydrogen-bond donors (Lipinski definition) is 0. The Morgan fingerprint density at radius 1 is 0.861 bits per heavy atom. The van der Waals surface area contributed by atoms with Crippen LogP contribution in [0.15, 0.2) is 24.3 Å². The minimum atomic E-state index is -4.87. The van der Waals surface area contributed by atoms with Crippen LogP contribution in [0.3, 0.4) is 0 Å². The van der Waals surface area contributed by atoms with Crippen LogP contribution in [0.5, 0.6) is 5.75 Å². The first kappa shape index (κ1) is 27.2. The average Bonchev–Trinajstić information content (AvgIpc) is 2.70. The number of alkyl halides is 3. The molecule has 200 valence electrons. The number of amides is 4. The van der Waals surface area contributed by atoms with Crippen molar-refractivity contribution in [3.63, 3.8) is 0 Å². The topological polar surface area (TPSA) is 91.9 Å². The van der Waals surface area contributed by atoms with Crippen molar-refractivity contribution in [2.45, 2.75) is 65.1 Å². The highest BCUT2D eigenvalue weighted by molar-refractivity contribution is 5.95. The maximum absolute atomic E-state index is 13.5. The lowest BCUT2D eigenvalue weighted by Gasteiger charge is -2.50. The van der Waals surface area contributed by atoms with Crippen LogP contribution in [0.4, 0.5) is 33.2 Å². The molecule has 0 unspecified atom stereocenters. The van der Waals surface area contributed by atoms with Gasteiger partial charge < -0.3 is 24.0 Å². The molecule has 1 aromatic rings. The SMILES string of the molecule is CC(C)(C)OC(=O)N1CCN2C(=O)N(c3ccc(OC(F)(F)F)cc3)N(C(=O)OC(C)(C)C)C[C@@H]2C1. The summed E-state index contributed by atoms with van der Waals surface area (Å²) in [5.41, 5.74) is -1.42. The maximum Gasteiger partial charge on any atom is 0.573 e. The normalized spacial score (nSPS) is 19.1. The Morgan fingerprint density at radius 3 is 1.94 bits per heavy atom. The smallest absolute Gasteiger partial charge is 0.444 e. The van der Waals surface area contributed by atoms with E-state index in [4.69, 9.17) is 9.47 Å². The fraction of sp³-hybridized carbons (Fsp3) is 0.609. The molecule has 2 aliphatic rings. The van der Waals surface area contributed by atoms with Gasteiger partial charge in [0.05, 0.1) is 18.3 Å².